The summed E-state index contributed by atoms with van der Waals surface area (Å²) in [6, 6.07) is 10.6. The summed E-state index contributed by atoms with van der Waals surface area (Å²) in [7, 11) is 3.04. The van der Waals surface area contributed by atoms with Crippen molar-refractivity contribution in [3.63, 3.8) is 0 Å². The summed E-state index contributed by atoms with van der Waals surface area (Å²) < 4.78 is 11.1. The average molecular weight is 473 g/mol. The maximum Gasteiger partial charge on any atom is 0.341 e. The molecule has 0 radical (unpaired) electrons. The van der Waals surface area contributed by atoms with Gasteiger partial charge in [0, 0.05) is 29.0 Å². The summed E-state index contributed by atoms with van der Waals surface area (Å²) >= 11 is 0. The first-order valence-electron chi connectivity index (χ1n) is 10.5. The molecule has 10 nitrogen and oxygen atoms in total. The molecule has 0 bridgehead atoms. The van der Waals surface area contributed by atoms with Crippen LogP contribution in [0.4, 0.5) is 11.8 Å². The highest BCUT2D eigenvalue weighted by molar-refractivity contribution is 6.00. The third kappa shape index (κ3) is 4.36. The van der Waals surface area contributed by atoms with Crippen LogP contribution in [0.3, 0.4) is 0 Å². The first-order valence-corrected chi connectivity index (χ1v) is 10.5. The Labute approximate surface area is 199 Å². The van der Waals surface area contributed by atoms with Crippen LogP contribution in [0, 0.1) is 0 Å². The number of anilines is 2. The van der Waals surface area contributed by atoms with Crippen molar-refractivity contribution in [1.29, 1.82) is 0 Å². The number of carboxylic acid groups (broad SMARTS) is 1. The van der Waals surface area contributed by atoms with E-state index in [1.807, 2.05) is 12.1 Å². The van der Waals surface area contributed by atoms with Gasteiger partial charge in [0.05, 0.1) is 19.6 Å². The third-order valence-corrected chi connectivity index (χ3v) is 5.56. The second-order valence-corrected chi connectivity index (χ2v) is 7.57. The summed E-state index contributed by atoms with van der Waals surface area (Å²) in [5.74, 6) is -0.0854. The van der Waals surface area contributed by atoms with E-state index in [1.54, 1.807) is 30.3 Å². The fourth-order valence-corrected chi connectivity index (χ4v) is 3.92. The van der Waals surface area contributed by atoms with Crippen LogP contribution in [0.2, 0.25) is 0 Å². The van der Waals surface area contributed by atoms with Gasteiger partial charge in [0.1, 0.15) is 11.4 Å². The Morgan fingerprint density at radius 3 is 2.51 bits per heavy atom. The molecule has 0 unspecified atom stereocenters. The molecular formula is C25H23N5O5. The van der Waals surface area contributed by atoms with E-state index in [-0.39, 0.29) is 22.7 Å². The highest BCUT2D eigenvalue weighted by Gasteiger charge is 2.20. The maximum atomic E-state index is 13.2. The molecule has 0 saturated heterocycles. The molecule has 10 heteroatoms. The number of allylic oxidation sites excluding steroid dienone is 1. The van der Waals surface area contributed by atoms with E-state index in [4.69, 9.17) is 20.9 Å². The number of pyridine rings is 1. The van der Waals surface area contributed by atoms with Crippen LogP contribution in [-0.2, 0) is 6.42 Å². The number of aromatic nitrogens is 3. The van der Waals surface area contributed by atoms with Crippen molar-refractivity contribution in [2.45, 2.75) is 6.42 Å². The van der Waals surface area contributed by atoms with Crippen molar-refractivity contribution in [2.24, 2.45) is 0 Å². The molecule has 2 aromatic carbocycles. The van der Waals surface area contributed by atoms with E-state index in [0.717, 1.165) is 0 Å². The number of nitrogen functional groups attached to an aromatic ring is 2. The van der Waals surface area contributed by atoms with E-state index in [0.29, 0.717) is 45.7 Å². The summed E-state index contributed by atoms with van der Waals surface area (Å²) in [6.45, 7) is 0. The molecule has 4 rings (SSSR count). The van der Waals surface area contributed by atoms with Crippen LogP contribution >= 0.6 is 0 Å². The molecule has 4 aromatic rings. The topological polar surface area (TPSA) is 166 Å². The Kier molecular flexibility index (Phi) is 6.36. The van der Waals surface area contributed by atoms with Gasteiger partial charge >= 0.3 is 5.97 Å². The van der Waals surface area contributed by atoms with Crippen LogP contribution in [0.5, 0.6) is 11.5 Å². The lowest BCUT2D eigenvalue weighted by atomic mass is 9.91. The van der Waals surface area contributed by atoms with Gasteiger partial charge in [0.25, 0.3) is 0 Å². The molecule has 0 atom stereocenters. The normalized spacial score (nSPS) is 11.4. The van der Waals surface area contributed by atoms with Crippen molar-refractivity contribution in [1.82, 2.24) is 15.0 Å². The molecule has 0 saturated carbocycles. The first kappa shape index (κ1) is 23.3. The molecule has 0 aliphatic carbocycles. The van der Waals surface area contributed by atoms with Gasteiger partial charge in [-0.1, -0.05) is 30.3 Å². The highest BCUT2D eigenvalue weighted by atomic mass is 16.5. The number of methoxy groups -OCH3 is 2. The summed E-state index contributed by atoms with van der Waals surface area (Å²) in [4.78, 5) is 35.8. The number of benzene rings is 2. The largest absolute Gasteiger partial charge is 0.493 e. The highest BCUT2D eigenvalue weighted by Crippen LogP contribution is 2.39. The quantitative estimate of drug-likeness (QED) is 0.315. The molecule has 0 spiro atoms. The van der Waals surface area contributed by atoms with Crippen molar-refractivity contribution in [2.75, 3.05) is 25.7 Å². The lowest BCUT2D eigenvalue weighted by molar-refractivity contribution is 0.0695. The maximum absolute atomic E-state index is 13.2. The van der Waals surface area contributed by atoms with E-state index in [9.17, 15) is 14.7 Å². The number of ether oxygens (including phenoxy) is 2. The Morgan fingerprint density at radius 2 is 1.83 bits per heavy atom. The van der Waals surface area contributed by atoms with Crippen molar-refractivity contribution in [3.05, 3.63) is 87.3 Å². The number of carbonyl (C=O) groups is 1. The molecule has 0 fully saturated rings. The SMILES string of the molecule is COc1cccc(C(=CCc2cnc(N)nc2N)c2cccc3[nH]cc(C(=O)O)c(=O)c23)c1OC. The third-order valence-electron chi connectivity index (χ3n) is 5.56. The van der Waals surface area contributed by atoms with Crippen LogP contribution < -0.4 is 26.4 Å². The minimum atomic E-state index is -1.32. The Bertz CT molecular complexity index is 1530. The predicted octanol–water partition coefficient (Wildman–Crippen LogP) is 2.87. The zero-order valence-electron chi connectivity index (χ0n) is 19.0. The van der Waals surface area contributed by atoms with Crippen molar-refractivity contribution < 1.29 is 19.4 Å². The molecule has 0 amide bonds. The van der Waals surface area contributed by atoms with Crippen LogP contribution in [-0.4, -0.2) is 40.2 Å². The number of nitrogens with two attached hydrogens (primary N) is 2. The zero-order chi connectivity index (χ0) is 25.1. The molecule has 6 N–H and O–H groups in total. The smallest absolute Gasteiger partial charge is 0.341 e. The summed E-state index contributed by atoms with van der Waals surface area (Å²) in [5.41, 5.74) is 13.5. The number of H-pyrrole nitrogens is 1. The second-order valence-electron chi connectivity index (χ2n) is 7.57. The van der Waals surface area contributed by atoms with Gasteiger partial charge in [-0.15, -0.1) is 0 Å². The van der Waals surface area contributed by atoms with Gasteiger partial charge in [0.2, 0.25) is 11.4 Å². The number of fused-ring (bicyclic) bond motifs is 1. The monoisotopic (exact) mass is 473 g/mol. The van der Waals surface area contributed by atoms with Gasteiger partial charge in [-0.05, 0) is 29.7 Å². The number of carboxylic acids is 1. The van der Waals surface area contributed by atoms with E-state index in [1.165, 1.54) is 26.6 Å². The number of nitrogens with zero attached hydrogens (tertiary/aromatic N) is 2. The zero-order valence-corrected chi connectivity index (χ0v) is 19.0. The first-order chi connectivity index (χ1) is 16.8. The van der Waals surface area contributed by atoms with Crippen LogP contribution in [0.25, 0.3) is 16.5 Å². The number of hydrogen-bond donors (Lipinski definition) is 4. The predicted molar refractivity (Wildman–Crippen MR) is 133 cm³/mol. The average Bonchev–Trinajstić information content (AvgIpc) is 2.85. The molecule has 0 aliphatic rings. The minimum absolute atomic E-state index is 0.0618. The molecule has 178 valence electrons. The number of aromatic amines is 1. The fraction of sp³-hybridized carbons (Fsp3) is 0.120. The van der Waals surface area contributed by atoms with Gasteiger partial charge in [-0.3, -0.25) is 4.79 Å². The Hall–Kier alpha value is -4.86. The molecule has 0 aliphatic heterocycles. The van der Waals surface area contributed by atoms with Gasteiger partial charge < -0.3 is 31.0 Å². The van der Waals surface area contributed by atoms with Gasteiger partial charge in [-0.25, -0.2) is 9.78 Å². The molecule has 2 aromatic heterocycles. The van der Waals surface area contributed by atoms with Gasteiger partial charge in [0.15, 0.2) is 11.5 Å². The second kappa shape index (κ2) is 9.56. The van der Waals surface area contributed by atoms with E-state index in [2.05, 4.69) is 15.0 Å². The summed E-state index contributed by atoms with van der Waals surface area (Å²) in [5, 5.41) is 9.74. The Morgan fingerprint density at radius 1 is 1.09 bits per heavy atom. The van der Waals surface area contributed by atoms with Crippen molar-refractivity contribution in [3.8, 4) is 11.5 Å². The standard InChI is InChI=1S/C25H23N5O5/c1-34-19-8-4-6-16(22(19)35-2)14(10-9-13-11-29-25(27)30-23(13)26)15-5-3-7-18-20(15)21(31)17(12-28-18)24(32)33/h3-8,10-12H,9H2,1-2H3,(H,28,31)(H,32,33)(H4,26,27,29,30). The summed E-state index contributed by atoms with van der Waals surface area (Å²) in [6.07, 6.45) is 4.88. The number of aromatic carboxylic acids is 1. The number of nitrogens with one attached hydrogen (secondary N) is 1. The number of hydrogen-bond acceptors (Lipinski definition) is 8. The molecule has 2 heterocycles. The molecular weight excluding hydrogens is 450 g/mol. The number of rotatable bonds is 7. The molecule has 35 heavy (non-hydrogen) atoms. The lowest BCUT2D eigenvalue weighted by Gasteiger charge is -2.17. The van der Waals surface area contributed by atoms with Crippen molar-refractivity contribution >= 4 is 34.2 Å². The van der Waals surface area contributed by atoms with Crippen LogP contribution in [0.15, 0.2) is 59.7 Å². The lowest BCUT2D eigenvalue weighted by Crippen LogP contribution is -2.16. The fourth-order valence-electron chi connectivity index (χ4n) is 3.92. The minimum Gasteiger partial charge on any atom is -0.493 e. The van der Waals surface area contributed by atoms with Crippen LogP contribution in [0.1, 0.15) is 27.0 Å². The van der Waals surface area contributed by atoms with E-state index >= 15 is 0 Å². The Balaban J connectivity index is 2.03. The number of para-hydroxylation sites is 1. The van der Waals surface area contributed by atoms with E-state index < -0.39 is 11.4 Å². The van der Waals surface area contributed by atoms with Gasteiger partial charge in [-0.2, -0.15) is 4.98 Å².